The molecule has 2 heteroatoms. The fourth-order valence-electron chi connectivity index (χ4n) is 0.693. The molecule has 0 radical (unpaired) electrons. The molecule has 70 valence electrons. The topological polar surface area (TPSA) is 20.3 Å². The molecule has 2 nitrogen and oxygen atoms in total. The third-order valence-corrected chi connectivity index (χ3v) is 1.12. The third kappa shape index (κ3) is 5.71. The molecule has 12 heavy (non-hydrogen) atoms. The van der Waals surface area contributed by atoms with Crippen LogP contribution in [0, 0.1) is 0 Å². The largest absolute Gasteiger partial charge is 0.375 e. The first-order valence-corrected chi connectivity index (χ1v) is 4.10. The normalized spacial score (nSPS) is 9.58. The van der Waals surface area contributed by atoms with Crippen LogP contribution in [-0.4, -0.2) is 24.8 Å². The highest BCUT2D eigenvalue weighted by atomic mass is 16.1. The van der Waals surface area contributed by atoms with Crippen molar-refractivity contribution in [1.29, 1.82) is 0 Å². The Labute approximate surface area is 75.6 Å². The van der Waals surface area contributed by atoms with E-state index >= 15 is 0 Å². The fraction of sp³-hybridized carbons (Fsp3) is 0.500. The van der Waals surface area contributed by atoms with Crippen molar-refractivity contribution in [3.63, 3.8) is 0 Å². The van der Waals surface area contributed by atoms with E-state index in [9.17, 15) is 4.79 Å². The van der Waals surface area contributed by atoms with Gasteiger partial charge in [-0.25, -0.2) is 0 Å². The van der Waals surface area contributed by atoms with Gasteiger partial charge in [0.15, 0.2) is 5.78 Å². The Hall–Kier alpha value is -1.05. The Morgan fingerprint density at radius 3 is 1.83 bits per heavy atom. The summed E-state index contributed by atoms with van der Waals surface area (Å²) in [6, 6.07) is 0. The van der Waals surface area contributed by atoms with E-state index in [1.54, 1.807) is 17.1 Å². The number of carbonyl (C=O) groups excluding carboxylic acids is 1. The van der Waals surface area contributed by atoms with Crippen molar-refractivity contribution in [3.05, 3.63) is 24.4 Å². The van der Waals surface area contributed by atoms with Gasteiger partial charge in [0.2, 0.25) is 0 Å². The van der Waals surface area contributed by atoms with Crippen molar-refractivity contribution in [3.8, 4) is 0 Å². The molecule has 0 saturated carbocycles. The number of hydrogen-bond acceptors (Lipinski definition) is 2. The number of Topliss-reactive ketones (excluding diaryl/α,β-unsaturated/α-hetero) is 1. The average Bonchev–Trinajstić information content (AvgIpc) is 2.03. The van der Waals surface area contributed by atoms with Crippen LogP contribution in [0.25, 0.3) is 0 Å². The third-order valence-electron chi connectivity index (χ3n) is 1.12. The van der Waals surface area contributed by atoms with E-state index in [0.29, 0.717) is 5.70 Å². The van der Waals surface area contributed by atoms with Gasteiger partial charge < -0.3 is 4.90 Å². The molecule has 0 aromatic rings. The van der Waals surface area contributed by atoms with E-state index in [4.69, 9.17) is 0 Å². The van der Waals surface area contributed by atoms with Crippen LogP contribution in [0.15, 0.2) is 24.4 Å². The zero-order chi connectivity index (χ0) is 10.1. The van der Waals surface area contributed by atoms with Gasteiger partial charge in [0.05, 0.1) is 5.70 Å². The second-order valence-electron chi connectivity index (χ2n) is 2.24. The van der Waals surface area contributed by atoms with Crippen LogP contribution in [0.1, 0.15) is 20.8 Å². The van der Waals surface area contributed by atoms with Gasteiger partial charge in [-0.05, 0) is 6.08 Å². The van der Waals surface area contributed by atoms with Gasteiger partial charge >= 0.3 is 0 Å². The maximum Gasteiger partial charge on any atom is 0.175 e. The smallest absolute Gasteiger partial charge is 0.175 e. The van der Waals surface area contributed by atoms with Gasteiger partial charge in [-0.1, -0.05) is 26.5 Å². The molecule has 0 saturated heterocycles. The first-order valence-electron chi connectivity index (χ1n) is 4.10. The predicted octanol–water partition coefficient (Wildman–Crippen LogP) is 2.23. The quantitative estimate of drug-likeness (QED) is 0.477. The van der Waals surface area contributed by atoms with Crippen LogP contribution < -0.4 is 0 Å². The molecule has 0 aliphatic carbocycles. The number of likely N-dealkylation sites (N-methyl/N-ethyl adjacent to an activating group) is 1. The first-order chi connectivity index (χ1) is 5.59. The first kappa shape index (κ1) is 13.5. The van der Waals surface area contributed by atoms with Crippen LogP contribution in [0.3, 0.4) is 0 Å². The van der Waals surface area contributed by atoms with E-state index in [-0.39, 0.29) is 5.78 Å². The maximum atomic E-state index is 10.8. The molecular weight excluding hydrogens is 150 g/mol. The van der Waals surface area contributed by atoms with Crippen LogP contribution >= 0.6 is 0 Å². The van der Waals surface area contributed by atoms with E-state index < -0.39 is 0 Å². The number of ketones is 1. The Morgan fingerprint density at radius 1 is 1.33 bits per heavy atom. The maximum absolute atomic E-state index is 10.8. The molecule has 0 unspecified atom stereocenters. The van der Waals surface area contributed by atoms with E-state index in [1.165, 1.54) is 6.92 Å². The molecule has 0 aromatic heterocycles. The minimum atomic E-state index is 0.0601. The lowest BCUT2D eigenvalue weighted by molar-refractivity contribution is -0.114. The van der Waals surface area contributed by atoms with Gasteiger partial charge in [0.25, 0.3) is 0 Å². The summed E-state index contributed by atoms with van der Waals surface area (Å²) in [4.78, 5) is 12.6. The fourth-order valence-corrected chi connectivity index (χ4v) is 0.693. The summed E-state index contributed by atoms with van der Waals surface area (Å²) in [6.45, 7) is 9.05. The molecule has 0 aromatic carbocycles. The highest BCUT2D eigenvalue weighted by Crippen LogP contribution is 1.98. The minimum absolute atomic E-state index is 0.0601. The summed E-state index contributed by atoms with van der Waals surface area (Å²) in [5.41, 5.74) is 0.676. The second kappa shape index (κ2) is 8.05. The standard InChI is InChI=1S/C8H13NO.C2H6/c1-5-6-8(7(2)10)9(3)4;1-2/h5-6H,1H2,2-4H3;1-2H3/b8-6-;. The molecule has 0 atom stereocenters. The van der Waals surface area contributed by atoms with E-state index in [0.717, 1.165) is 0 Å². The Morgan fingerprint density at radius 2 is 1.75 bits per heavy atom. The molecule has 0 aliphatic heterocycles. The monoisotopic (exact) mass is 169 g/mol. The van der Waals surface area contributed by atoms with Crippen molar-refractivity contribution < 1.29 is 4.79 Å². The van der Waals surface area contributed by atoms with Crippen LogP contribution in [0.5, 0.6) is 0 Å². The molecule has 0 heterocycles. The van der Waals surface area contributed by atoms with Gasteiger partial charge in [-0.15, -0.1) is 0 Å². The van der Waals surface area contributed by atoms with Crippen molar-refractivity contribution in [2.45, 2.75) is 20.8 Å². The number of hydrogen-bond donors (Lipinski definition) is 0. The summed E-state index contributed by atoms with van der Waals surface area (Å²) < 4.78 is 0. The highest BCUT2D eigenvalue weighted by Gasteiger charge is 2.02. The summed E-state index contributed by atoms with van der Waals surface area (Å²) >= 11 is 0. The Kier molecular flexibility index (Phi) is 9.08. The number of allylic oxidation sites excluding steroid dienone is 3. The molecule has 0 rings (SSSR count). The second-order valence-corrected chi connectivity index (χ2v) is 2.24. The Balaban J connectivity index is 0. The van der Waals surface area contributed by atoms with E-state index in [1.807, 2.05) is 27.9 Å². The zero-order valence-corrected chi connectivity index (χ0v) is 8.72. The molecular formula is C10H19NO. The molecule has 0 aliphatic rings. The zero-order valence-electron chi connectivity index (χ0n) is 8.72. The van der Waals surface area contributed by atoms with Crippen molar-refractivity contribution >= 4 is 5.78 Å². The van der Waals surface area contributed by atoms with Crippen molar-refractivity contribution in [2.75, 3.05) is 14.1 Å². The lowest BCUT2D eigenvalue weighted by atomic mass is 10.3. The SMILES string of the molecule is C=C/C=C(/C(C)=O)N(C)C.CC. The lowest BCUT2D eigenvalue weighted by Crippen LogP contribution is -2.16. The van der Waals surface area contributed by atoms with Crippen molar-refractivity contribution in [2.24, 2.45) is 0 Å². The molecule has 0 N–H and O–H groups in total. The van der Waals surface area contributed by atoms with Crippen LogP contribution in [0.4, 0.5) is 0 Å². The van der Waals surface area contributed by atoms with Crippen molar-refractivity contribution in [1.82, 2.24) is 4.90 Å². The van der Waals surface area contributed by atoms with E-state index in [2.05, 4.69) is 6.58 Å². The van der Waals surface area contributed by atoms with Gasteiger partial charge in [-0.2, -0.15) is 0 Å². The molecule has 0 amide bonds. The summed E-state index contributed by atoms with van der Waals surface area (Å²) in [7, 11) is 3.66. The predicted molar refractivity (Wildman–Crippen MR) is 54.0 cm³/mol. The van der Waals surface area contributed by atoms with Gasteiger partial charge in [0, 0.05) is 21.0 Å². The van der Waals surface area contributed by atoms with Gasteiger partial charge in [-0.3, -0.25) is 4.79 Å². The average molecular weight is 169 g/mol. The lowest BCUT2D eigenvalue weighted by Gasteiger charge is -2.12. The van der Waals surface area contributed by atoms with Gasteiger partial charge in [0.1, 0.15) is 0 Å². The summed E-state index contributed by atoms with van der Waals surface area (Å²) in [5, 5.41) is 0. The Bertz CT molecular complexity index is 169. The number of carbonyl (C=O) groups is 1. The number of nitrogens with zero attached hydrogens (tertiary/aromatic N) is 1. The van der Waals surface area contributed by atoms with Crippen LogP contribution in [0.2, 0.25) is 0 Å². The summed E-state index contributed by atoms with van der Waals surface area (Å²) in [6.07, 6.45) is 3.30. The number of rotatable bonds is 3. The minimum Gasteiger partial charge on any atom is -0.375 e. The molecule has 0 fully saturated rings. The molecule has 0 bridgehead atoms. The van der Waals surface area contributed by atoms with Crippen LogP contribution in [-0.2, 0) is 4.79 Å². The molecule has 0 spiro atoms. The summed E-state index contributed by atoms with van der Waals surface area (Å²) in [5.74, 6) is 0.0601. The highest BCUT2D eigenvalue weighted by molar-refractivity contribution is 5.92.